The first-order chi connectivity index (χ1) is 58.3. The van der Waals surface area contributed by atoms with Gasteiger partial charge in [-0.2, -0.15) is 0 Å². The van der Waals surface area contributed by atoms with Crippen molar-refractivity contribution >= 4 is 98.9 Å². The number of aryl methyl sites for hydroxylation is 1. The maximum Gasteiger partial charge on any atom is 0.323 e. The van der Waals surface area contributed by atoms with E-state index in [2.05, 4.69) is 110 Å². The Labute approximate surface area is 689 Å². The summed E-state index contributed by atoms with van der Waals surface area (Å²) in [5, 5.41) is 22.0. The Morgan fingerprint density at radius 2 is 0.777 bits per heavy atom. The topological polar surface area (TPSA) is 431 Å². The molecular weight excluding hydrogens is 1550 g/mol. The number of benzene rings is 6. The fourth-order valence-electron chi connectivity index (χ4n) is 14.6. The number of fused-ring (bicyclic) bond motifs is 6. The number of aromatic nitrogens is 4. The Kier molecular flexibility index (Phi) is 21.5. The molecule has 16 amide bonds. The number of amides is 16. The predicted octanol–water partition coefficient (Wildman–Crippen LogP) is 4.83. The summed E-state index contributed by atoms with van der Waals surface area (Å²) < 4.78 is 20.8. The van der Waals surface area contributed by atoms with E-state index in [1.165, 1.54) is 54.2 Å². The van der Waals surface area contributed by atoms with Crippen molar-refractivity contribution in [1.82, 2.24) is 82.1 Å². The zero-order chi connectivity index (χ0) is 85.1. The lowest BCUT2D eigenvalue weighted by Crippen LogP contribution is -2.54. The third-order valence-corrected chi connectivity index (χ3v) is 20.9. The molecule has 0 radical (unpaired) electrons. The molecule has 0 saturated carbocycles. The molecule has 4 saturated heterocycles. The second kappa shape index (κ2) is 32.6. The number of methoxy groups -OCH3 is 4. The smallest absolute Gasteiger partial charge is 0.323 e. The van der Waals surface area contributed by atoms with Crippen LogP contribution in [-0.4, -0.2) is 188 Å². The average Bonchev–Trinajstić information content (AvgIpc) is 1.63. The van der Waals surface area contributed by atoms with Crippen molar-refractivity contribution in [1.29, 1.82) is 0 Å². The summed E-state index contributed by atoms with van der Waals surface area (Å²) in [6.45, 7) is 2.74. The molecule has 8 aliphatic rings. The van der Waals surface area contributed by atoms with Gasteiger partial charge >= 0.3 is 24.1 Å². The molecule has 11 N–H and O–H groups in total. The Balaban J connectivity index is 0.000000126. The van der Waals surface area contributed by atoms with Crippen LogP contribution in [0.25, 0.3) is 21.7 Å². The standard InChI is InChI=1S/C24H18N4O4.C23H18N4O4.C21H18N4O4.C20H17N5O4/c1-32-18-6-5-17-13-28(21(29)20(17)11-18)14-24(22(30)26-23(31)27-24)9-7-15-3-2-4-16-12-25-10-8-19(15)16;1-31-16-6-5-15-12-27(20(28)18(15)11-16)13-23(21(29)25-22(30)26-23)9-7-14-3-2-4-19-17(14)8-10-24-19;1-13-3-4-14(10-22-13)7-8-21(19(27)23-20(28)24-21)12-25-11-15-5-6-16(29-2)9-17(15)18(25)26;1-29-14-5-4-13-10-25(17(26)15(13)9-14)11-20(18(27)23-19(28)24-20)7-6-12-3-2-8-22-16(12)21/h2-6,8,10-12H,13-14H2,1H3,(H2,26,27,30,31);2-6,8,10-11,24H,12-13H2,1H3,(H2,25,26,29,30);3-6,9-10H,11-12H2,1-2H3,(H2,23,24,27,28);2-5,8-9H,10-11H2,1H3,(H2,21,22)(H2,23,24,27,28)/t24-;23-;21-;20-/m1111/s1. The maximum absolute atomic E-state index is 13.0. The number of carbonyl (C=O) groups is 12. The number of carbonyl (C=O) groups excluding carboxylic acids is 12. The van der Waals surface area contributed by atoms with Gasteiger partial charge in [0.05, 0.1) is 60.2 Å². The van der Waals surface area contributed by atoms with Gasteiger partial charge in [0.2, 0.25) is 22.2 Å². The molecule has 0 unspecified atom stereocenters. The molecule has 8 aliphatic heterocycles. The summed E-state index contributed by atoms with van der Waals surface area (Å²) in [6, 6.07) is 40.3. The number of rotatable bonds is 12. The molecule has 12 heterocycles. The lowest BCUT2D eigenvalue weighted by Gasteiger charge is -2.26. The van der Waals surface area contributed by atoms with Crippen molar-refractivity contribution in [3.05, 3.63) is 249 Å². The number of nitrogens with zero attached hydrogens (tertiary/aromatic N) is 7. The van der Waals surface area contributed by atoms with Crippen LogP contribution in [0.3, 0.4) is 0 Å². The van der Waals surface area contributed by atoms with Crippen LogP contribution < -0.4 is 67.2 Å². The summed E-state index contributed by atoms with van der Waals surface area (Å²) in [4.78, 5) is 171. The van der Waals surface area contributed by atoms with Crippen LogP contribution in [0, 0.1) is 54.3 Å². The number of nitrogens with one attached hydrogen (secondary N) is 9. The number of ether oxygens (including phenoxy) is 4. The molecule has 33 heteroatoms. The lowest BCUT2D eigenvalue weighted by molar-refractivity contribution is -0.123. The van der Waals surface area contributed by atoms with Gasteiger partial charge in [-0.05, 0) is 132 Å². The Bertz CT molecular complexity index is 6380. The van der Waals surface area contributed by atoms with Crippen molar-refractivity contribution in [3.8, 4) is 70.4 Å². The molecule has 10 aromatic rings. The van der Waals surface area contributed by atoms with Gasteiger partial charge in [-0.1, -0.05) is 89.8 Å². The molecule has 604 valence electrons. The van der Waals surface area contributed by atoms with Gasteiger partial charge in [0.15, 0.2) is 0 Å². The Morgan fingerprint density at radius 1 is 0.397 bits per heavy atom. The highest BCUT2D eigenvalue weighted by molar-refractivity contribution is 6.13. The molecule has 4 aromatic heterocycles. The molecule has 121 heavy (non-hydrogen) atoms. The molecule has 0 aliphatic carbocycles. The van der Waals surface area contributed by atoms with E-state index in [-0.39, 0.29) is 55.6 Å². The summed E-state index contributed by atoms with van der Waals surface area (Å²) in [5.41, 5.74) is 9.07. The highest BCUT2D eigenvalue weighted by Gasteiger charge is 2.53. The number of anilines is 1. The normalized spacial score (nSPS) is 19.7. The summed E-state index contributed by atoms with van der Waals surface area (Å²) in [5.74, 6) is 22.4. The largest absolute Gasteiger partial charge is 0.497 e. The fraction of sp³-hybridized carbons (Fsp3) is 0.193. The number of nitrogen functional groups attached to an aromatic ring is 1. The van der Waals surface area contributed by atoms with E-state index in [0.717, 1.165) is 49.6 Å². The van der Waals surface area contributed by atoms with Crippen LogP contribution in [0.15, 0.2) is 177 Å². The molecular formula is C88H71N17O16. The van der Waals surface area contributed by atoms with Crippen LogP contribution >= 0.6 is 0 Å². The maximum atomic E-state index is 13.0. The lowest BCUT2D eigenvalue weighted by atomic mass is 9.98. The van der Waals surface area contributed by atoms with Crippen molar-refractivity contribution in [2.75, 3.05) is 60.4 Å². The number of hydrogen-bond donors (Lipinski definition) is 10. The van der Waals surface area contributed by atoms with E-state index in [9.17, 15) is 57.5 Å². The van der Waals surface area contributed by atoms with Crippen LogP contribution in [0.4, 0.5) is 25.0 Å². The van der Waals surface area contributed by atoms with Gasteiger partial charge in [-0.25, -0.2) is 24.2 Å². The number of nitrogens with two attached hydrogens (primary N) is 1. The van der Waals surface area contributed by atoms with E-state index in [1.807, 2.05) is 79.9 Å². The molecule has 4 atom stereocenters. The molecule has 33 nitrogen and oxygen atoms in total. The first kappa shape index (κ1) is 79.7. The van der Waals surface area contributed by atoms with Crippen LogP contribution in [-0.2, 0) is 45.4 Å². The molecule has 4 fully saturated rings. The number of pyridine rings is 3. The Hall–Kier alpha value is -16.6. The third kappa shape index (κ3) is 16.1. The van der Waals surface area contributed by atoms with Gasteiger partial charge in [0, 0.05) is 123 Å². The molecule has 6 aromatic carbocycles. The number of H-pyrrole nitrogens is 1. The minimum absolute atomic E-state index is 0.0729. The zero-order valence-electron chi connectivity index (χ0n) is 65.1. The second-order valence-corrected chi connectivity index (χ2v) is 28.8. The summed E-state index contributed by atoms with van der Waals surface area (Å²) in [7, 11) is 6.12. The number of urea groups is 4. The van der Waals surface area contributed by atoms with Crippen LogP contribution in [0.1, 0.15) is 91.6 Å². The summed E-state index contributed by atoms with van der Waals surface area (Å²) in [6.07, 6.45) is 8.32. The zero-order valence-corrected chi connectivity index (χ0v) is 65.1. The van der Waals surface area contributed by atoms with Gasteiger partial charge in [0.1, 0.15) is 28.8 Å². The predicted molar refractivity (Wildman–Crippen MR) is 434 cm³/mol. The highest BCUT2D eigenvalue weighted by Crippen LogP contribution is 2.34. The second-order valence-electron chi connectivity index (χ2n) is 28.8. The number of aromatic amines is 1. The molecule has 18 rings (SSSR count). The number of hydrogen-bond acceptors (Lipinski definition) is 20. The van der Waals surface area contributed by atoms with Gasteiger partial charge in [-0.3, -0.25) is 69.6 Å². The average molecular weight is 1620 g/mol. The third-order valence-electron chi connectivity index (χ3n) is 20.9. The molecule has 0 spiro atoms. The highest BCUT2D eigenvalue weighted by atomic mass is 16.5. The van der Waals surface area contributed by atoms with Crippen molar-refractivity contribution in [2.24, 2.45) is 0 Å². The van der Waals surface area contributed by atoms with Gasteiger partial charge < -0.3 is 70.5 Å². The van der Waals surface area contributed by atoms with Gasteiger partial charge in [-0.15, -0.1) is 0 Å². The Morgan fingerprint density at radius 3 is 1.15 bits per heavy atom. The number of imide groups is 4. The quantitative estimate of drug-likeness (QED) is 0.0578. The first-order valence-electron chi connectivity index (χ1n) is 37.3. The molecule has 0 bridgehead atoms. The van der Waals surface area contributed by atoms with Crippen molar-refractivity contribution < 1.29 is 76.5 Å². The summed E-state index contributed by atoms with van der Waals surface area (Å²) >= 11 is 0. The monoisotopic (exact) mass is 1620 g/mol. The van der Waals surface area contributed by atoms with E-state index in [1.54, 1.807) is 97.5 Å². The van der Waals surface area contributed by atoms with Gasteiger partial charge in [0.25, 0.3) is 47.3 Å². The fourth-order valence-corrected chi connectivity index (χ4v) is 14.6. The van der Waals surface area contributed by atoms with E-state index < -0.39 is 69.9 Å². The first-order valence-corrected chi connectivity index (χ1v) is 37.3. The minimum atomic E-state index is -1.60. The SMILES string of the molecule is COc1ccc2c(c1)C(=O)N(C[C@@]1(C#Cc3ccc(C)nc3)NC(=O)NC1=O)C2.COc1ccc2c(c1)C(=O)N(C[C@@]1(C#Cc3cccc4[nH]ccc34)NC(=O)NC1=O)C2.COc1ccc2c(c1)C(=O)N(C[C@@]1(C#Cc3cccc4cnccc34)NC(=O)NC1=O)C2.COc1ccc2c(c1)C(=O)N(C[C@@]1(C#Cc3cccnc3N)NC(=O)NC1=O)C2. The minimum Gasteiger partial charge on any atom is -0.497 e. The van der Waals surface area contributed by atoms with Crippen molar-refractivity contribution in [2.45, 2.75) is 55.3 Å². The van der Waals surface area contributed by atoms with E-state index >= 15 is 0 Å². The van der Waals surface area contributed by atoms with Crippen molar-refractivity contribution in [3.63, 3.8) is 0 Å². The van der Waals surface area contributed by atoms with Crippen LogP contribution in [0.2, 0.25) is 0 Å². The van der Waals surface area contributed by atoms with E-state index in [0.29, 0.717) is 93.7 Å². The van der Waals surface area contributed by atoms with Crippen LogP contribution in [0.5, 0.6) is 23.0 Å². The van der Waals surface area contributed by atoms with E-state index in [4.69, 9.17) is 24.7 Å².